The summed E-state index contributed by atoms with van der Waals surface area (Å²) in [5.74, 6) is 1.43. The number of aromatic nitrogens is 2. The van der Waals surface area contributed by atoms with E-state index in [4.69, 9.17) is 0 Å². The average molecular weight is 227 g/mol. The second-order valence-corrected chi connectivity index (χ2v) is 4.82. The molecule has 1 N–H and O–H groups in total. The van der Waals surface area contributed by atoms with Gasteiger partial charge in [-0.3, -0.25) is 0 Å². The molecule has 2 aromatic rings. The highest BCUT2D eigenvalue weighted by Gasteiger charge is 2.21. The normalized spacial score (nSPS) is 20.0. The second-order valence-electron chi connectivity index (χ2n) is 4.82. The third-order valence-electron chi connectivity index (χ3n) is 3.52. The Hall–Kier alpha value is -1.48. The van der Waals surface area contributed by atoms with Gasteiger partial charge in [-0.05, 0) is 32.4 Å². The van der Waals surface area contributed by atoms with Crippen LogP contribution >= 0.6 is 0 Å². The molecule has 1 aliphatic heterocycles. The SMILES string of the molecule is Cc1nc(C2CCNC2)c2cccc(C)c2n1. The van der Waals surface area contributed by atoms with E-state index < -0.39 is 0 Å². The van der Waals surface area contributed by atoms with E-state index in [1.165, 1.54) is 23.1 Å². The number of aryl methyl sites for hydroxylation is 2. The summed E-state index contributed by atoms with van der Waals surface area (Å²) in [6, 6.07) is 6.36. The van der Waals surface area contributed by atoms with Crippen LogP contribution in [0.2, 0.25) is 0 Å². The molecule has 3 nitrogen and oxygen atoms in total. The zero-order valence-electron chi connectivity index (χ0n) is 10.3. The summed E-state index contributed by atoms with van der Waals surface area (Å²) in [6.45, 7) is 6.24. The third kappa shape index (κ3) is 1.80. The van der Waals surface area contributed by atoms with Crippen molar-refractivity contribution in [2.45, 2.75) is 26.2 Å². The number of rotatable bonds is 1. The first kappa shape index (κ1) is 10.7. The Morgan fingerprint density at radius 3 is 2.88 bits per heavy atom. The molecule has 88 valence electrons. The monoisotopic (exact) mass is 227 g/mol. The highest BCUT2D eigenvalue weighted by molar-refractivity contribution is 5.84. The van der Waals surface area contributed by atoms with E-state index in [1.807, 2.05) is 6.92 Å². The largest absolute Gasteiger partial charge is 0.316 e. The van der Waals surface area contributed by atoms with Crippen LogP contribution in [0.25, 0.3) is 10.9 Å². The van der Waals surface area contributed by atoms with Gasteiger partial charge in [-0.2, -0.15) is 0 Å². The maximum absolute atomic E-state index is 4.67. The molecule has 1 aliphatic rings. The summed E-state index contributed by atoms with van der Waals surface area (Å²) in [4.78, 5) is 9.25. The third-order valence-corrected chi connectivity index (χ3v) is 3.52. The molecule has 0 saturated carbocycles. The lowest BCUT2D eigenvalue weighted by atomic mass is 9.98. The van der Waals surface area contributed by atoms with Gasteiger partial charge >= 0.3 is 0 Å². The molecule has 17 heavy (non-hydrogen) atoms. The fraction of sp³-hybridized carbons (Fsp3) is 0.429. The van der Waals surface area contributed by atoms with Crippen LogP contribution in [-0.2, 0) is 0 Å². The molecule has 1 atom stereocenters. The molecule has 1 aromatic carbocycles. The van der Waals surface area contributed by atoms with Gasteiger partial charge in [0.1, 0.15) is 5.82 Å². The topological polar surface area (TPSA) is 37.8 Å². The molecule has 0 radical (unpaired) electrons. The number of fused-ring (bicyclic) bond motifs is 1. The molecule has 1 unspecified atom stereocenters. The number of para-hydroxylation sites is 1. The van der Waals surface area contributed by atoms with E-state index in [0.717, 1.165) is 24.4 Å². The number of hydrogen-bond donors (Lipinski definition) is 1. The predicted molar refractivity (Wildman–Crippen MR) is 69.2 cm³/mol. The Morgan fingerprint density at radius 1 is 1.24 bits per heavy atom. The van der Waals surface area contributed by atoms with Crippen molar-refractivity contribution in [3.05, 3.63) is 35.3 Å². The van der Waals surface area contributed by atoms with Gasteiger partial charge < -0.3 is 5.32 Å². The van der Waals surface area contributed by atoms with Crippen molar-refractivity contribution in [1.29, 1.82) is 0 Å². The summed E-state index contributed by atoms with van der Waals surface area (Å²) in [6.07, 6.45) is 1.18. The van der Waals surface area contributed by atoms with Gasteiger partial charge in [-0.1, -0.05) is 18.2 Å². The van der Waals surface area contributed by atoms with Crippen molar-refractivity contribution in [2.75, 3.05) is 13.1 Å². The minimum Gasteiger partial charge on any atom is -0.316 e. The summed E-state index contributed by atoms with van der Waals surface area (Å²) >= 11 is 0. The molecule has 3 rings (SSSR count). The van der Waals surface area contributed by atoms with Crippen molar-refractivity contribution in [3.63, 3.8) is 0 Å². The summed E-state index contributed by atoms with van der Waals surface area (Å²) in [7, 11) is 0. The summed E-state index contributed by atoms with van der Waals surface area (Å²) < 4.78 is 0. The van der Waals surface area contributed by atoms with Gasteiger partial charge in [0.2, 0.25) is 0 Å². The molecule has 0 bridgehead atoms. The minimum atomic E-state index is 0.543. The maximum Gasteiger partial charge on any atom is 0.126 e. The smallest absolute Gasteiger partial charge is 0.126 e. The summed E-state index contributed by atoms with van der Waals surface area (Å²) in [5.41, 5.74) is 3.57. The molecule has 1 saturated heterocycles. The lowest BCUT2D eigenvalue weighted by Gasteiger charge is -2.13. The molecule has 0 aliphatic carbocycles. The van der Waals surface area contributed by atoms with Crippen LogP contribution in [0.3, 0.4) is 0 Å². The van der Waals surface area contributed by atoms with Crippen molar-refractivity contribution < 1.29 is 0 Å². The van der Waals surface area contributed by atoms with Crippen molar-refractivity contribution >= 4 is 10.9 Å². The average Bonchev–Trinajstić information content (AvgIpc) is 2.83. The fourth-order valence-corrected chi connectivity index (χ4v) is 2.63. The van der Waals surface area contributed by atoms with Crippen LogP contribution in [0.15, 0.2) is 18.2 Å². The minimum absolute atomic E-state index is 0.543. The number of nitrogens with one attached hydrogen (secondary N) is 1. The molecular formula is C14H17N3. The van der Waals surface area contributed by atoms with Crippen LogP contribution in [0.1, 0.15) is 29.4 Å². The highest BCUT2D eigenvalue weighted by Crippen LogP contribution is 2.28. The van der Waals surface area contributed by atoms with Gasteiger partial charge in [-0.25, -0.2) is 9.97 Å². The Bertz CT molecular complexity index is 557. The Balaban J connectivity index is 2.25. The molecule has 0 amide bonds. The molecule has 3 heteroatoms. The first-order valence-corrected chi connectivity index (χ1v) is 6.20. The van der Waals surface area contributed by atoms with E-state index >= 15 is 0 Å². The van der Waals surface area contributed by atoms with E-state index in [9.17, 15) is 0 Å². The fourth-order valence-electron chi connectivity index (χ4n) is 2.63. The maximum atomic E-state index is 4.67. The molecule has 0 spiro atoms. The quantitative estimate of drug-likeness (QED) is 0.812. The summed E-state index contributed by atoms with van der Waals surface area (Å²) in [5, 5.41) is 4.64. The standard InChI is InChI=1S/C14H17N3/c1-9-4-3-5-12-13(9)16-10(2)17-14(12)11-6-7-15-8-11/h3-5,11,15H,6-8H2,1-2H3. The van der Waals surface area contributed by atoms with Crippen LogP contribution in [0.4, 0.5) is 0 Å². The van der Waals surface area contributed by atoms with Gasteiger partial charge in [0.05, 0.1) is 11.2 Å². The van der Waals surface area contributed by atoms with E-state index in [0.29, 0.717) is 5.92 Å². The number of nitrogens with zero attached hydrogens (tertiary/aromatic N) is 2. The zero-order valence-corrected chi connectivity index (χ0v) is 10.3. The van der Waals surface area contributed by atoms with Gasteiger partial charge in [0, 0.05) is 17.8 Å². The lowest BCUT2D eigenvalue weighted by Crippen LogP contribution is -2.10. The van der Waals surface area contributed by atoms with Crippen molar-refractivity contribution in [3.8, 4) is 0 Å². The first-order valence-electron chi connectivity index (χ1n) is 6.20. The van der Waals surface area contributed by atoms with Crippen LogP contribution in [0.5, 0.6) is 0 Å². The van der Waals surface area contributed by atoms with E-state index in [-0.39, 0.29) is 0 Å². The highest BCUT2D eigenvalue weighted by atomic mass is 14.9. The Labute approximate surface area is 101 Å². The molecular weight excluding hydrogens is 210 g/mol. The van der Waals surface area contributed by atoms with Crippen LogP contribution in [0, 0.1) is 13.8 Å². The predicted octanol–water partition coefficient (Wildman–Crippen LogP) is 2.32. The van der Waals surface area contributed by atoms with Crippen LogP contribution < -0.4 is 5.32 Å². The second kappa shape index (κ2) is 4.08. The Kier molecular flexibility index (Phi) is 2.56. The van der Waals surface area contributed by atoms with E-state index in [2.05, 4.69) is 40.4 Å². The first-order chi connectivity index (χ1) is 8.25. The van der Waals surface area contributed by atoms with Gasteiger partial charge in [0.15, 0.2) is 0 Å². The van der Waals surface area contributed by atoms with Crippen molar-refractivity contribution in [1.82, 2.24) is 15.3 Å². The zero-order chi connectivity index (χ0) is 11.8. The van der Waals surface area contributed by atoms with Gasteiger partial charge in [-0.15, -0.1) is 0 Å². The van der Waals surface area contributed by atoms with Crippen molar-refractivity contribution in [2.24, 2.45) is 0 Å². The number of benzene rings is 1. The lowest BCUT2D eigenvalue weighted by molar-refractivity contribution is 0.735. The molecule has 1 aromatic heterocycles. The molecule has 2 heterocycles. The Morgan fingerprint density at radius 2 is 2.12 bits per heavy atom. The van der Waals surface area contributed by atoms with Gasteiger partial charge in [0.25, 0.3) is 0 Å². The van der Waals surface area contributed by atoms with Crippen LogP contribution in [-0.4, -0.2) is 23.1 Å². The molecule has 1 fully saturated rings. The number of hydrogen-bond acceptors (Lipinski definition) is 3. The van der Waals surface area contributed by atoms with E-state index in [1.54, 1.807) is 0 Å².